The molecule has 1 aromatic heterocycles. The lowest BCUT2D eigenvalue weighted by molar-refractivity contribution is -0.120. The minimum atomic E-state index is -0.233. The molecule has 0 saturated carbocycles. The van der Waals surface area contributed by atoms with Gasteiger partial charge in [0.15, 0.2) is 5.69 Å². The number of nitrogens with one attached hydrogen (secondary N) is 2. The number of carbonyl (C=O) groups excluding carboxylic acids is 2. The number of nitrogens with zero attached hydrogens (tertiary/aromatic N) is 2. The Morgan fingerprint density at radius 2 is 2.24 bits per heavy atom. The topological polar surface area (TPSA) is 104 Å². The SMILES string of the molecule is Cc1[nH]nc(C(=O)N2CCNC(=O)CC2)c1N. The Hall–Kier alpha value is -2.05. The summed E-state index contributed by atoms with van der Waals surface area (Å²) in [6, 6.07) is 0. The van der Waals surface area contributed by atoms with Crippen LogP contribution >= 0.6 is 0 Å². The van der Waals surface area contributed by atoms with Gasteiger partial charge in [-0.1, -0.05) is 0 Å². The van der Waals surface area contributed by atoms with Crippen LogP contribution in [0.3, 0.4) is 0 Å². The number of aromatic nitrogens is 2. The summed E-state index contributed by atoms with van der Waals surface area (Å²) in [7, 11) is 0. The molecule has 0 aromatic carbocycles. The summed E-state index contributed by atoms with van der Waals surface area (Å²) in [4.78, 5) is 24.9. The van der Waals surface area contributed by atoms with Crippen molar-refractivity contribution in [2.75, 3.05) is 25.4 Å². The van der Waals surface area contributed by atoms with E-state index in [9.17, 15) is 9.59 Å². The largest absolute Gasteiger partial charge is 0.395 e. The normalized spacial score (nSPS) is 16.5. The maximum absolute atomic E-state index is 12.1. The van der Waals surface area contributed by atoms with Gasteiger partial charge in [0, 0.05) is 26.1 Å². The summed E-state index contributed by atoms with van der Waals surface area (Å²) in [6.45, 7) is 3.10. The molecule has 2 amide bonds. The van der Waals surface area contributed by atoms with E-state index in [1.54, 1.807) is 11.8 Å². The van der Waals surface area contributed by atoms with Crippen molar-refractivity contribution < 1.29 is 9.59 Å². The molecule has 4 N–H and O–H groups in total. The summed E-state index contributed by atoms with van der Waals surface area (Å²) in [5.74, 6) is -0.269. The van der Waals surface area contributed by atoms with Crippen LogP contribution in [0.15, 0.2) is 0 Å². The molecule has 1 aliphatic rings. The molecule has 0 spiro atoms. The second-order valence-electron chi connectivity index (χ2n) is 4.00. The van der Waals surface area contributed by atoms with Gasteiger partial charge in [0.1, 0.15) is 0 Å². The van der Waals surface area contributed by atoms with Crippen molar-refractivity contribution in [2.24, 2.45) is 0 Å². The van der Waals surface area contributed by atoms with Gasteiger partial charge in [0.2, 0.25) is 5.91 Å². The zero-order valence-electron chi connectivity index (χ0n) is 9.62. The van der Waals surface area contributed by atoms with E-state index in [1.165, 1.54) is 0 Å². The number of carbonyl (C=O) groups is 2. The summed E-state index contributed by atoms with van der Waals surface area (Å²) in [5.41, 5.74) is 7.04. The predicted octanol–water partition coefficient (Wildman–Crippen LogP) is -0.738. The minimum Gasteiger partial charge on any atom is -0.395 e. The van der Waals surface area contributed by atoms with Crippen molar-refractivity contribution in [3.05, 3.63) is 11.4 Å². The van der Waals surface area contributed by atoms with Gasteiger partial charge in [-0.2, -0.15) is 5.10 Å². The molecule has 1 fully saturated rings. The zero-order valence-corrected chi connectivity index (χ0v) is 9.62. The van der Waals surface area contributed by atoms with Crippen LogP contribution in [0, 0.1) is 6.92 Å². The van der Waals surface area contributed by atoms with Crippen LogP contribution in [0.5, 0.6) is 0 Å². The molecule has 0 bridgehead atoms. The number of rotatable bonds is 1. The molecule has 1 aromatic rings. The maximum Gasteiger partial charge on any atom is 0.276 e. The standard InChI is InChI=1S/C10H15N5O2/c1-6-8(11)9(14-13-6)10(17)15-4-2-7(16)12-3-5-15/h2-5,11H2,1H3,(H,12,16)(H,13,14). The number of H-pyrrole nitrogens is 1. The van der Waals surface area contributed by atoms with Gasteiger partial charge in [0.05, 0.1) is 11.4 Å². The molecule has 0 atom stereocenters. The van der Waals surface area contributed by atoms with Gasteiger partial charge in [-0.15, -0.1) is 0 Å². The second kappa shape index (κ2) is 4.44. The summed E-state index contributed by atoms with van der Waals surface area (Å²) < 4.78 is 0. The highest BCUT2D eigenvalue weighted by Gasteiger charge is 2.23. The Morgan fingerprint density at radius 1 is 1.47 bits per heavy atom. The van der Waals surface area contributed by atoms with Crippen molar-refractivity contribution in [2.45, 2.75) is 13.3 Å². The molecule has 17 heavy (non-hydrogen) atoms. The van der Waals surface area contributed by atoms with Crippen molar-refractivity contribution in [3.8, 4) is 0 Å². The first-order chi connectivity index (χ1) is 8.09. The first-order valence-electron chi connectivity index (χ1n) is 5.46. The highest BCUT2D eigenvalue weighted by molar-refractivity contribution is 5.98. The monoisotopic (exact) mass is 237 g/mol. The number of hydrogen-bond donors (Lipinski definition) is 3. The molecular formula is C10H15N5O2. The van der Waals surface area contributed by atoms with E-state index in [4.69, 9.17) is 5.73 Å². The molecule has 1 aliphatic heterocycles. The van der Waals surface area contributed by atoms with Gasteiger partial charge >= 0.3 is 0 Å². The number of aromatic amines is 1. The molecule has 0 radical (unpaired) electrons. The molecule has 0 unspecified atom stereocenters. The molecule has 7 nitrogen and oxygen atoms in total. The van der Waals surface area contributed by atoms with Crippen LogP contribution in [0.2, 0.25) is 0 Å². The third kappa shape index (κ3) is 2.22. The number of aryl methyl sites for hydroxylation is 1. The first-order valence-corrected chi connectivity index (χ1v) is 5.46. The van der Waals surface area contributed by atoms with Gasteiger partial charge in [0.25, 0.3) is 5.91 Å². The van der Waals surface area contributed by atoms with E-state index in [-0.39, 0.29) is 17.5 Å². The lowest BCUT2D eigenvalue weighted by Gasteiger charge is -2.18. The minimum absolute atomic E-state index is 0.0357. The number of nitrogens with two attached hydrogens (primary N) is 1. The summed E-state index contributed by atoms with van der Waals surface area (Å²) in [5, 5.41) is 9.28. The third-order valence-corrected chi connectivity index (χ3v) is 2.80. The fourth-order valence-electron chi connectivity index (χ4n) is 1.72. The summed E-state index contributed by atoms with van der Waals surface area (Å²) >= 11 is 0. The van der Waals surface area contributed by atoms with Crippen LogP contribution in [0.1, 0.15) is 22.6 Å². The van der Waals surface area contributed by atoms with Gasteiger partial charge < -0.3 is 16.0 Å². The predicted molar refractivity (Wildman–Crippen MR) is 61.3 cm³/mol. The molecular weight excluding hydrogens is 222 g/mol. The number of amides is 2. The van der Waals surface area contributed by atoms with Crippen LogP contribution in [0.4, 0.5) is 5.69 Å². The van der Waals surface area contributed by atoms with Crippen LogP contribution in [0.25, 0.3) is 0 Å². The zero-order chi connectivity index (χ0) is 12.4. The lowest BCUT2D eigenvalue weighted by atomic mass is 10.2. The Balaban J connectivity index is 2.14. The maximum atomic E-state index is 12.1. The van der Waals surface area contributed by atoms with Crippen LogP contribution < -0.4 is 11.1 Å². The fraction of sp³-hybridized carbons (Fsp3) is 0.500. The molecule has 2 rings (SSSR count). The Morgan fingerprint density at radius 3 is 2.88 bits per heavy atom. The van der Waals surface area contributed by atoms with Crippen LogP contribution in [-0.4, -0.2) is 46.5 Å². The van der Waals surface area contributed by atoms with Crippen molar-refractivity contribution >= 4 is 17.5 Å². The van der Waals surface area contributed by atoms with E-state index in [1.807, 2.05) is 0 Å². The number of anilines is 1. The second-order valence-corrected chi connectivity index (χ2v) is 4.00. The Bertz CT molecular complexity index is 454. The van der Waals surface area contributed by atoms with E-state index in [0.717, 1.165) is 0 Å². The van der Waals surface area contributed by atoms with Gasteiger partial charge in [-0.3, -0.25) is 14.7 Å². The number of hydrogen-bond acceptors (Lipinski definition) is 4. The molecule has 7 heteroatoms. The van der Waals surface area contributed by atoms with Gasteiger partial charge in [-0.05, 0) is 6.92 Å². The Kier molecular flexibility index (Phi) is 2.99. The van der Waals surface area contributed by atoms with Crippen molar-refractivity contribution in [1.29, 1.82) is 0 Å². The van der Waals surface area contributed by atoms with E-state index < -0.39 is 0 Å². The van der Waals surface area contributed by atoms with E-state index in [2.05, 4.69) is 15.5 Å². The first kappa shape index (κ1) is 11.4. The van der Waals surface area contributed by atoms with Crippen molar-refractivity contribution in [3.63, 3.8) is 0 Å². The average Bonchev–Trinajstić information content (AvgIpc) is 2.53. The van der Waals surface area contributed by atoms with E-state index in [0.29, 0.717) is 37.4 Å². The van der Waals surface area contributed by atoms with Crippen LogP contribution in [-0.2, 0) is 4.79 Å². The van der Waals surface area contributed by atoms with Crippen molar-refractivity contribution in [1.82, 2.24) is 20.4 Å². The average molecular weight is 237 g/mol. The van der Waals surface area contributed by atoms with Gasteiger partial charge in [-0.25, -0.2) is 0 Å². The molecule has 0 aliphatic carbocycles. The molecule has 1 saturated heterocycles. The molecule has 92 valence electrons. The quantitative estimate of drug-likeness (QED) is 0.598. The molecule has 2 heterocycles. The Labute approximate surface area is 98.4 Å². The smallest absolute Gasteiger partial charge is 0.276 e. The highest BCUT2D eigenvalue weighted by atomic mass is 16.2. The fourth-order valence-corrected chi connectivity index (χ4v) is 1.72. The third-order valence-electron chi connectivity index (χ3n) is 2.80. The summed E-state index contributed by atoms with van der Waals surface area (Å²) in [6.07, 6.45) is 0.315. The lowest BCUT2D eigenvalue weighted by Crippen LogP contribution is -2.34. The highest BCUT2D eigenvalue weighted by Crippen LogP contribution is 2.15. The van der Waals surface area contributed by atoms with E-state index >= 15 is 0 Å². The number of nitrogen functional groups attached to an aromatic ring is 1.